The second-order valence-corrected chi connectivity index (χ2v) is 9.39. The van der Waals surface area contributed by atoms with Gasteiger partial charge >= 0.3 is 0 Å². The van der Waals surface area contributed by atoms with Gasteiger partial charge < -0.3 is 0 Å². The van der Waals surface area contributed by atoms with Crippen molar-refractivity contribution < 1.29 is 0 Å². The molecule has 2 aromatic rings. The SMILES string of the molecule is C=C1C(c2ccc(C(C)C)s2)=CC=C(c2ccc(C(C)CC)s2)/C1=N/S. The molecule has 0 saturated carbocycles. The Morgan fingerprint density at radius 2 is 1.54 bits per heavy atom. The first-order chi connectivity index (χ1) is 12.5. The van der Waals surface area contributed by atoms with E-state index in [-0.39, 0.29) is 0 Å². The summed E-state index contributed by atoms with van der Waals surface area (Å²) in [5.74, 6) is 1.13. The van der Waals surface area contributed by atoms with Gasteiger partial charge in [-0.2, -0.15) is 0 Å². The summed E-state index contributed by atoms with van der Waals surface area (Å²) in [6.45, 7) is 13.3. The predicted octanol–water partition coefficient (Wildman–Crippen LogP) is 7.77. The van der Waals surface area contributed by atoms with Gasteiger partial charge in [-0.05, 0) is 55.3 Å². The van der Waals surface area contributed by atoms with Crippen LogP contribution < -0.4 is 0 Å². The van der Waals surface area contributed by atoms with E-state index in [0.29, 0.717) is 11.8 Å². The first kappa shape index (κ1) is 19.4. The summed E-state index contributed by atoms with van der Waals surface area (Å²) in [4.78, 5) is 5.29. The molecule has 26 heavy (non-hydrogen) atoms. The quantitative estimate of drug-likeness (QED) is 0.493. The van der Waals surface area contributed by atoms with Crippen molar-refractivity contribution in [3.63, 3.8) is 0 Å². The Labute approximate surface area is 170 Å². The zero-order valence-electron chi connectivity index (χ0n) is 15.7. The van der Waals surface area contributed by atoms with Crippen molar-refractivity contribution >= 4 is 52.3 Å². The Morgan fingerprint density at radius 3 is 2.12 bits per heavy atom. The summed E-state index contributed by atoms with van der Waals surface area (Å²) in [6.07, 6.45) is 5.50. The molecule has 1 aliphatic rings. The van der Waals surface area contributed by atoms with Gasteiger partial charge in [-0.25, -0.2) is 4.40 Å². The highest BCUT2D eigenvalue weighted by Gasteiger charge is 2.23. The molecule has 0 fully saturated rings. The zero-order valence-corrected chi connectivity index (χ0v) is 18.3. The van der Waals surface area contributed by atoms with Crippen molar-refractivity contribution in [1.29, 1.82) is 0 Å². The molecule has 0 spiro atoms. The molecular weight excluding hydrogens is 374 g/mol. The van der Waals surface area contributed by atoms with Crippen molar-refractivity contribution in [2.45, 2.75) is 46.0 Å². The highest BCUT2D eigenvalue weighted by molar-refractivity contribution is 7.79. The largest absolute Gasteiger partial charge is 0.219 e. The minimum absolute atomic E-state index is 0.542. The van der Waals surface area contributed by atoms with Crippen LogP contribution in [0.25, 0.3) is 11.1 Å². The molecule has 0 aromatic carbocycles. The molecule has 0 amide bonds. The van der Waals surface area contributed by atoms with Gasteiger partial charge in [0.1, 0.15) is 0 Å². The van der Waals surface area contributed by atoms with E-state index in [1.807, 2.05) is 22.7 Å². The lowest BCUT2D eigenvalue weighted by atomic mass is 9.90. The van der Waals surface area contributed by atoms with Gasteiger partial charge in [0.05, 0.1) is 5.71 Å². The summed E-state index contributed by atoms with van der Waals surface area (Å²) in [6, 6.07) is 8.85. The summed E-state index contributed by atoms with van der Waals surface area (Å²) in [7, 11) is 0. The van der Waals surface area contributed by atoms with Crippen LogP contribution in [0.3, 0.4) is 0 Å². The fourth-order valence-corrected chi connectivity index (χ4v) is 5.41. The number of nitrogens with zero attached hydrogens (tertiary/aromatic N) is 1. The third-order valence-electron chi connectivity index (χ3n) is 4.83. The maximum Gasteiger partial charge on any atom is 0.0869 e. The average Bonchev–Trinajstić information content (AvgIpc) is 3.30. The van der Waals surface area contributed by atoms with Crippen molar-refractivity contribution in [1.82, 2.24) is 0 Å². The van der Waals surface area contributed by atoms with Crippen LogP contribution in [0.2, 0.25) is 0 Å². The van der Waals surface area contributed by atoms with Gasteiger partial charge in [-0.1, -0.05) is 46.4 Å². The second-order valence-electron chi connectivity index (χ2n) is 6.96. The van der Waals surface area contributed by atoms with Gasteiger partial charge in [0.2, 0.25) is 0 Å². The minimum Gasteiger partial charge on any atom is -0.219 e. The van der Waals surface area contributed by atoms with Crippen LogP contribution in [0.15, 0.2) is 53.0 Å². The van der Waals surface area contributed by atoms with E-state index in [2.05, 4.69) is 87.9 Å². The molecule has 0 aliphatic heterocycles. The van der Waals surface area contributed by atoms with E-state index < -0.39 is 0 Å². The van der Waals surface area contributed by atoms with Gasteiger partial charge in [0, 0.05) is 36.2 Å². The first-order valence-electron chi connectivity index (χ1n) is 9.00. The Bertz CT molecular complexity index is 905. The lowest BCUT2D eigenvalue weighted by Crippen LogP contribution is -2.08. The molecule has 1 nitrogen and oxygen atoms in total. The van der Waals surface area contributed by atoms with E-state index in [4.69, 9.17) is 0 Å². The highest BCUT2D eigenvalue weighted by Crippen LogP contribution is 2.40. The first-order valence-corrected chi connectivity index (χ1v) is 11.0. The van der Waals surface area contributed by atoms with Crippen molar-refractivity contribution in [3.8, 4) is 0 Å². The lowest BCUT2D eigenvalue weighted by Gasteiger charge is -2.18. The van der Waals surface area contributed by atoms with E-state index in [1.54, 1.807) is 0 Å². The molecule has 0 N–H and O–H groups in total. The number of hydrogen-bond acceptors (Lipinski definition) is 4. The molecule has 4 heteroatoms. The van der Waals surface area contributed by atoms with Crippen molar-refractivity contribution in [2.24, 2.45) is 4.40 Å². The lowest BCUT2D eigenvalue weighted by molar-refractivity contribution is 0.748. The van der Waals surface area contributed by atoms with Crippen LogP contribution in [0, 0.1) is 0 Å². The molecule has 1 atom stereocenters. The van der Waals surface area contributed by atoms with Crippen LogP contribution >= 0.6 is 35.5 Å². The van der Waals surface area contributed by atoms with Crippen LogP contribution in [-0.2, 0) is 0 Å². The minimum atomic E-state index is 0.542. The third kappa shape index (κ3) is 3.68. The van der Waals surface area contributed by atoms with Crippen molar-refractivity contribution in [3.05, 3.63) is 68.1 Å². The number of hydrogen-bond donors (Lipinski definition) is 1. The Balaban J connectivity index is 1.99. The van der Waals surface area contributed by atoms with E-state index in [1.165, 1.54) is 19.5 Å². The fraction of sp³-hybridized carbons (Fsp3) is 0.318. The number of rotatable bonds is 5. The standard InChI is InChI=1S/C22H25NS3/c1-6-14(4)19-10-12-21(26-19)17-8-7-16(15(5)22(17)23-24)20-11-9-18(25-20)13(2)3/h7-14,24H,5-6H2,1-4H3/b23-22+. The van der Waals surface area contributed by atoms with E-state index >= 15 is 0 Å². The third-order valence-corrected chi connectivity index (χ3v) is 7.80. The number of thiol groups is 1. The maximum absolute atomic E-state index is 4.33. The Hall–Kier alpha value is -1.36. The average molecular weight is 400 g/mol. The van der Waals surface area contributed by atoms with E-state index in [0.717, 1.165) is 28.9 Å². The fourth-order valence-electron chi connectivity index (χ4n) is 2.95. The maximum atomic E-state index is 4.33. The molecule has 2 aromatic heterocycles. The molecule has 136 valence electrons. The summed E-state index contributed by atoms with van der Waals surface area (Å²) < 4.78 is 4.29. The van der Waals surface area contributed by atoms with Gasteiger partial charge in [-0.15, -0.1) is 22.7 Å². The molecular formula is C22H25NS3. The number of thiophene rings is 2. The highest BCUT2D eigenvalue weighted by atomic mass is 32.1. The summed E-state index contributed by atoms with van der Waals surface area (Å²) >= 11 is 7.94. The Morgan fingerprint density at radius 1 is 0.962 bits per heavy atom. The zero-order chi connectivity index (χ0) is 18.8. The Kier molecular flexibility index (Phi) is 6.06. The molecule has 3 rings (SSSR count). The van der Waals surface area contributed by atoms with Gasteiger partial charge in [-0.3, -0.25) is 0 Å². The molecule has 0 bridgehead atoms. The predicted molar refractivity (Wildman–Crippen MR) is 123 cm³/mol. The molecule has 0 radical (unpaired) electrons. The molecule has 0 saturated heterocycles. The van der Waals surface area contributed by atoms with E-state index in [9.17, 15) is 0 Å². The second kappa shape index (κ2) is 8.12. The summed E-state index contributed by atoms with van der Waals surface area (Å²) in [5, 5.41) is 0. The molecule has 1 aliphatic carbocycles. The normalized spacial score (nSPS) is 17.6. The molecule has 1 unspecified atom stereocenters. The van der Waals surface area contributed by atoms with Gasteiger partial charge in [0.15, 0.2) is 0 Å². The van der Waals surface area contributed by atoms with Crippen LogP contribution in [0.4, 0.5) is 0 Å². The smallest absolute Gasteiger partial charge is 0.0869 e. The number of allylic oxidation sites excluding steroid dienone is 5. The topological polar surface area (TPSA) is 12.4 Å². The van der Waals surface area contributed by atoms with Crippen molar-refractivity contribution in [2.75, 3.05) is 0 Å². The van der Waals surface area contributed by atoms with Gasteiger partial charge in [0.25, 0.3) is 0 Å². The monoisotopic (exact) mass is 399 g/mol. The van der Waals surface area contributed by atoms with Crippen LogP contribution in [0.1, 0.15) is 65.5 Å². The molecule has 2 heterocycles. The van der Waals surface area contributed by atoms with Crippen LogP contribution in [-0.4, -0.2) is 5.71 Å². The van der Waals surface area contributed by atoms with Crippen LogP contribution in [0.5, 0.6) is 0 Å². The summed E-state index contributed by atoms with van der Waals surface area (Å²) in [5.41, 5.74) is 4.10.